The third-order valence-electron chi connectivity index (χ3n) is 4.03. The van der Waals surface area contributed by atoms with Crippen LogP contribution in [0.3, 0.4) is 0 Å². The topological polar surface area (TPSA) is 53.5 Å². The second kappa shape index (κ2) is 7.45. The van der Waals surface area contributed by atoms with Crippen LogP contribution in [0.15, 0.2) is 6.33 Å². The maximum atomic E-state index is 5.56. The lowest BCUT2D eigenvalue weighted by Gasteiger charge is -2.36. The van der Waals surface area contributed by atoms with Crippen molar-refractivity contribution in [2.24, 2.45) is 0 Å². The van der Waals surface area contributed by atoms with Crippen LogP contribution in [0.5, 0.6) is 5.75 Å². The summed E-state index contributed by atoms with van der Waals surface area (Å²) in [6.07, 6.45) is 4.97. The van der Waals surface area contributed by atoms with Gasteiger partial charge in [-0.3, -0.25) is 0 Å². The van der Waals surface area contributed by atoms with Gasteiger partial charge in [0.05, 0.1) is 7.11 Å². The predicted molar refractivity (Wildman–Crippen MR) is 86.3 cm³/mol. The van der Waals surface area contributed by atoms with Crippen molar-refractivity contribution in [2.45, 2.75) is 32.2 Å². The molecule has 1 aromatic rings. The van der Waals surface area contributed by atoms with Crippen LogP contribution in [0.2, 0.25) is 0 Å². The van der Waals surface area contributed by atoms with Gasteiger partial charge in [-0.1, -0.05) is 6.92 Å². The van der Waals surface area contributed by atoms with Crippen molar-refractivity contribution in [3.05, 3.63) is 6.33 Å². The molecule has 2 heterocycles. The highest BCUT2D eigenvalue weighted by Gasteiger charge is 2.24. The van der Waals surface area contributed by atoms with Crippen LogP contribution in [0.4, 0.5) is 11.6 Å². The smallest absolute Gasteiger partial charge is 0.204 e. The van der Waals surface area contributed by atoms with Gasteiger partial charge in [-0.15, -0.1) is 0 Å². The van der Waals surface area contributed by atoms with E-state index in [0.717, 1.165) is 56.3 Å². The van der Waals surface area contributed by atoms with Crippen molar-refractivity contribution in [1.82, 2.24) is 14.9 Å². The number of aromatic nitrogens is 2. The van der Waals surface area contributed by atoms with Crippen molar-refractivity contribution >= 4 is 11.6 Å². The first-order chi connectivity index (χ1) is 10.2. The van der Waals surface area contributed by atoms with Crippen molar-refractivity contribution < 1.29 is 4.74 Å². The number of hydrogen-bond acceptors (Lipinski definition) is 6. The van der Waals surface area contributed by atoms with E-state index in [0.29, 0.717) is 6.04 Å². The molecule has 0 unspecified atom stereocenters. The van der Waals surface area contributed by atoms with Gasteiger partial charge >= 0.3 is 0 Å². The van der Waals surface area contributed by atoms with Gasteiger partial charge in [-0.2, -0.15) is 0 Å². The number of nitrogens with one attached hydrogen (secondary N) is 1. The number of rotatable bonds is 6. The van der Waals surface area contributed by atoms with E-state index < -0.39 is 0 Å². The quantitative estimate of drug-likeness (QED) is 0.864. The summed E-state index contributed by atoms with van der Waals surface area (Å²) in [7, 11) is 5.99. The zero-order valence-electron chi connectivity index (χ0n) is 13.6. The lowest BCUT2D eigenvalue weighted by atomic mass is 10.0. The van der Waals surface area contributed by atoms with E-state index in [-0.39, 0.29) is 0 Å². The molecule has 0 radical (unpaired) electrons. The maximum absolute atomic E-state index is 5.56. The SMILES string of the molecule is CCCNc1ncnc(N2CCC(N(C)C)CC2)c1OC. The van der Waals surface area contributed by atoms with E-state index in [1.165, 1.54) is 0 Å². The van der Waals surface area contributed by atoms with Crippen molar-refractivity contribution in [1.29, 1.82) is 0 Å². The van der Waals surface area contributed by atoms with Crippen LogP contribution in [0.1, 0.15) is 26.2 Å². The molecule has 118 valence electrons. The fourth-order valence-electron chi connectivity index (χ4n) is 2.74. The Bertz CT molecular complexity index is 444. The summed E-state index contributed by atoms with van der Waals surface area (Å²) in [5, 5.41) is 3.31. The molecule has 0 aliphatic carbocycles. The molecule has 1 saturated heterocycles. The Morgan fingerprint density at radius 2 is 2.05 bits per heavy atom. The summed E-state index contributed by atoms with van der Waals surface area (Å²) in [5.41, 5.74) is 0. The predicted octanol–water partition coefficient (Wildman–Crippen LogP) is 1.84. The van der Waals surface area contributed by atoms with Crippen LogP contribution in [0, 0.1) is 0 Å². The molecule has 6 nitrogen and oxygen atoms in total. The van der Waals surface area contributed by atoms with Gasteiger partial charge in [0.2, 0.25) is 5.75 Å². The Balaban J connectivity index is 2.12. The zero-order chi connectivity index (χ0) is 15.2. The highest BCUT2D eigenvalue weighted by Crippen LogP contribution is 2.33. The number of piperidine rings is 1. The summed E-state index contributed by atoms with van der Waals surface area (Å²) in [6, 6.07) is 0.659. The first kappa shape index (κ1) is 15.8. The molecular formula is C15H27N5O. The zero-order valence-corrected chi connectivity index (χ0v) is 13.6. The second-order valence-corrected chi connectivity index (χ2v) is 5.69. The highest BCUT2D eigenvalue weighted by molar-refractivity contribution is 5.64. The number of anilines is 2. The monoisotopic (exact) mass is 293 g/mol. The summed E-state index contributed by atoms with van der Waals surface area (Å²) in [6.45, 7) is 5.02. The number of nitrogens with zero attached hydrogens (tertiary/aromatic N) is 4. The minimum Gasteiger partial charge on any atom is -0.490 e. The molecular weight excluding hydrogens is 266 g/mol. The fourth-order valence-corrected chi connectivity index (χ4v) is 2.74. The third kappa shape index (κ3) is 3.75. The third-order valence-corrected chi connectivity index (χ3v) is 4.03. The van der Waals surface area contributed by atoms with Gasteiger partial charge < -0.3 is 19.9 Å². The van der Waals surface area contributed by atoms with E-state index in [4.69, 9.17) is 4.74 Å². The Morgan fingerprint density at radius 3 is 2.62 bits per heavy atom. The molecule has 0 bridgehead atoms. The molecule has 1 aromatic heterocycles. The van der Waals surface area contributed by atoms with Gasteiger partial charge in [0.1, 0.15) is 6.33 Å². The van der Waals surface area contributed by atoms with Crippen LogP contribution in [-0.4, -0.2) is 61.7 Å². The minimum absolute atomic E-state index is 0.659. The van der Waals surface area contributed by atoms with Gasteiger partial charge in [0, 0.05) is 25.7 Å². The minimum atomic E-state index is 0.659. The second-order valence-electron chi connectivity index (χ2n) is 5.69. The number of hydrogen-bond donors (Lipinski definition) is 1. The maximum Gasteiger partial charge on any atom is 0.204 e. The summed E-state index contributed by atoms with van der Waals surface area (Å²) < 4.78 is 5.56. The molecule has 1 aliphatic heterocycles. The number of ether oxygens (including phenoxy) is 1. The lowest BCUT2D eigenvalue weighted by Crippen LogP contribution is -2.42. The van der Waals surface area contributed by atoms with E-state index >= 15 is 0 Å². The Hall–Kier alpha value is -1.56. The Kier molecular flexibility index (Phi) is 5.61. The lowest BCUT2D eigenvalue weighted by molar-refractivity contribution is 0.248. The van der Waals surface area contributed by atoms with E-state index in [1.807, 2.05) is 0 Å². The fraction of sp³-hybridized carbons (Fsp3) is 0.733. The van der Waals surface area contributed by atoms with Crippen molar-refractivity contribution in [3.63, 3.8) is 0 Å². The Labute approximate surface area is 127 Å². The summed E-state index contributed by atoms with van der Waals surface area (Å²) >= 11 is 0. The normalized spacial score (nSPS) is 16.3. The van der Waals surface area contributed by atoms with Crippen LogP contribution < -0.4 is 15.0 Å². The molecule has 2 rings (SSSR count). The Morgan fingerprint density at radius 1 is 1.33 bits per heavy atom. The summed E-state index contributed by atoms with van der Waals surface area (Å²) in [5.74, 6) is 2.46. The van der Waals surface area contributed by atoms with Gasteiger partial charge in [-0.25, -0.2) is 9.97 Å². The molecule has 21 heavy (non-hydrogen) atoms. The van der Waals surface area contributed by atoms with E-state index in [1.54, 1.807) is 13.4 Å². The van der Waals surface area contributed by atoms with E-state index in [9.17, 15) is 0 Å². The number of methoxy groups -OCH3 is 1. The van der Waals surface area contributed by atoms with Crippen molar-refractivity contribution in [3.8, 4) is 5.75 Å². The van der Waals surface area contributed by atoms with Crippen LogP contribution in [0.25, 0.3) is 0 Å². The molecule has 1 N–H and O–H groups in total. The molecule has 0 saturated carbocycles. The standard InChI is InChI=1S/C15H27N5O/c1-5-8-16-14-13(21-4)15(18-11-17-14)20-9-6-12(7-10-20)19(2)3/h11-12H,5-10H2,1-4H3,(H,16,17,18). The molecule has 0 spiro atoms. The van der Waals surface area contributed by atoms with Gasteiger partial charge in [0.15, 0.2) is 11.6 Å². The first-order valence-corrected chi connectivity index (χ1v) is 7.71. The first-order valence-electron chi connectivity index (χ1n) is 7.71. The molecule has 0 amide bonds. The molecule has 6 heteroatoms. The average Bonchev–Trinajstić information content (AvgIpc) is 2.52. The molecule has 0 aromatic carbocycles. The summed E-state index contributed by atoms with van der Waals surface area (Å²) in [4.78, 5) is 13.4. The highest BCUT2D eigenvalue weighted by atomic mass is 16.5. The van der Waals surface area contributed by atoms with Gasteiger partial charge in [-0.05, 0) is 33.4 Å². The largest absolute Gasteiger partial charge is 0.490 e. The molecule has 1 fully saturated rings. The van der Waals surface area contributed by atoms with Crippen LogP contribution >= 0.6 is 0 Å². The van der Waals surface area contributed by atoms with Crippen molar-refractivity contribution in [2.75, 3.05) is 51.1 Å². The van der Waals surface area contributed by atoms with Gasteiger partial charge in [0.25, 0.3) is 0 Å². The molecule has 0 atom stereocenters. The molecule has 1 aliphatic rings. The average molecular weight is 293 g/mol. The van der Waals surface area contributed by atoms with Crippen LogP contribution in [-0.2, 0) is 0 Å². The van der Waals surface area contributed by atoms with E-state index in [2.05, 4.69) is 46.1 Å².